The minimum atomic E-state index is -0.265. The first-order valence-corrected chi connectivity index (χ1v) is 9.40. The Labute approximate surface area is 161 Å². The van der Waals surface area contributed by atoms with E-state index >= 15 is 0 Å². The van der Waals surface area contributed by atoms with Gasteiger partial charge >= 0.3 is 0 Å². The summed E-state index contributed by atoms with van der Waals surface area (Å²) in [6, 6.07) is 17.7. The molecule has 1 fully saturated rings. The number of aliphatic hydroxyl groups excluding tert-OH is 1. The standard InChI is InChI=1S/C22H28N2O3/c1-23(22(26)14-17-7-6-10-20(13-17)27-2)21(18-8-4-3-5-9-18)16-24-12-11-19(25)15-24/h3-10,13,19,21,25H,11-12,14-16H2,1-2H3. The molecule has 1 amide bonds. The van der Waals surface area contributed by atoms with Gasteiger partial charge in [0, 0.05) is 26.7 Å². The summed E-state index contributed by atoms with van der Waals surface area (Å²) < 4.78 is 5.26. The minimum absolute atomic E-state index is 0.0467. The number of likely N-dealkylation sites (N-methyl/N-ethyl adjacent to an activating group) is 1. The summed E-state index contributed by atoms with van der Waals surface area (Å²) in [5.41, 5.74) is 2.05. The van der Waals surface area contributed by atoms with Gasteiger partial charge in [-0.25, -0.2) is 0 Å². The summed E-state index contributed by atoms with van der Waals surface area (Å²) in [7, 11) is 3.50. The van der Waals surface area contributed by atoms with Crippen molar-refractivity contribution in [2.45, 2.75) is 25.0 Å². The normalized spacial score (nSPS) is 18.3. The molecule has 1 saturated heterocycles. The summed E-state index contributed by atoms with van der Waals surface area (Å²) >= 11 is 0. The molecule has 2 aromatic rings. The zero-order valence-electron chi connectivity index (χ0n) is 16.0. The number of carbonyl (C=O) groups excluding carboxylic acids is 1. The van der Waals surface area contributed by atoms with Crippen LogP contribution in [0.4, 0.5) is 0 Å². The molecule has 0 radical (unpaired) electrons. The van der Waals surface area contributed by atoms with E-state index in [0.717, 1.165) is 36.4 Å². The van der Waals surface area contributed by atoms with Crippen molar-refractivity contribution in [2.24, 2.45) is 0 Å². The van der Waals surface area contributed by atoms with E-state index in [1.807, 2.05) is 54.4 Å². The molecule has 0 aliphatic carbocycles. The second-order valence-electron chi connectivity index (χ2n) is 7.16. The smallest absolute Gasteiger partial charge is 0.227 e. The number of amides is 1. The first kappa shape index (κ1) is 19.4. The minimum Gasteiger partial charge on any atom is -0.497 e. The lowest BCUT2D eigenvalue weighted by atomic mass is 10.0. The predicted molar refractivity (Wildman–Crippen MR) is 106 cm³/mol. The van der Waals surface area contributed by atoms with Gasteiger partial charge in [-0.05, 0) is 29.7 Å². The number of aliphatic hydroxyl groups is 1. The van der Waals surface area contributed by atoms with Gasteiger partial charge in [-0.15, -0.1) is 0 Å². The van der Waals surface area contributed by atoms with Crippen LogP contribution < -0.4 is 4.74 Å². The van der Waals surface area contributed by atoms with Crippen LogP contribution in [0.15, 0.2) is 54.6 Å². The van der Waals surface area contributed by atoms with Crippen LogP contribution in [-0.2, 0) is 11.2 Å². The van der Waals surface area contributed by atoms with Crippen LogP contribution >= 0.6 is 0 Å². The molecule has 1 N–H and O–H groups in total. The number of rotatable bonds is 7. The van der Waals surface area contributed by atoms with Gasteiger partial charge in [0.2, 0.25) is 5.91 Å². The maximum Gasteiger partial charge on any atom is 0.227 e. The fourth-order valence-corrected chi connectivity index (χ4v) is 3.60. The monoisotopic (exact) mass is 368 g/mol. The highest BCUT2D eigenvalue weighted by molar-refractivity contribution is 5.79. The molecule has 1 heterocycles. The lowest BCUT2D eigenvalue weighted by Crippen LogP contribution is -2.39. The maximum absolute atomic E-state index is 13.0. The van der Waals surface area contributed by atoms with Gasteiger partial charge in [0.25, 0.3) is 0 Å². The molecule has 0 aromatic heterocycles. The van der Waals surface area contributed by atoms with Crippen molar-refractivity contribution in [1.29, 1.82) is 0 Å². The molecule has 2 unspecified atom stereocenters. The Kier molecular flexibility index (Phi) is 6.48. The van der Waals surface area contributed by atoms with Crippen molar-refractivity contribution in [2.75, 3.05) is 33.8 Å². The molecule has 0 bridgehead atoms. The average molecular weight is 368 g/mol. The Hall–Kier alpha value is -2.37. The first-order chi connectivity index (χ1) is 13.1. The molecule has 3 rings (SSSR count). The molecule has 5 heteroatoms. The molecule has 2 atom stereocenters. The Morgan fingerprint density at radius 2 is 2.04 bits per heavy atom. The van der Waals surface area contributed by atoms with Crippen molar-refractivity contribution >= 4 is 5.91 Å². The van der Waals surface area contributed by atoms with Crippen LogP contribution in [0, 0.1) is 0 Å². The van der Waals surface area contributed by atoms with Crippen LogP contribution in [0.1, 0.15) is 23.6 Å². The summed E-state index contributed by atoms with van der Waals surface area (Å²) in [6.07, 6.45) is 0.863. The number of benzene rings is 2. The van der Waals surface area contributed by atoms with Crippen molar-refractivity contribution in [3.63, 3.8) is 0 Å². The third kappa shape index (κ3) is 5.08. The van der Waals surface area contributed by atoms with E-state index < -0.39 is 0 Å². The Morgan fingerprint density at radius 3 is 2.70 bits per heavy atom. The second kappa shape index (κ2) is 9.02. The van der Waals surface area contributed by atoms with E-state index in [2.05, 4.69) is 17.0 Å². The SMILES string of the molecule is COc1cccc(CC(=O)N(C)C(CN2CCC(O)C2)c2ccccc2)c1. The molecule has 1 aliphatic rings. The molecule has 144 valence electrons. The van der Waals surface area contributed by atoms with Gasteiger partial charge in [0.15, 0.2) is 0 Å². The zero-order chi connectivity index (χ0) is 19.2. The first-order valence-electron chi connectivity index (χ1n) is 9.40. The van der Waals surface area contributed by atoms with Gasteiger partial charge in [-0.3, -0.25) is 9.69 Å². The number of hydrogen-bond donors (Lipinski definition) is 1. The highest BCUT2D eigenvalue weighted by Gasteiger charge is 2.28. The number of nitrogens with zero attached hydrogens (tertiary/aromatic N) is 2. The molecule has 2 aromatic carbocycles. The van der Waals surface area contributed by atoms with Crippen molar-refractivity contribution in [3.8, 4) is 5.75 Å². The maximum atomic E-state index is 13.0. The van der Waals surface area contributed by atoms with E-state index in [1.165, 1.54) is 0 Å². The molecule has 27 heavy (non-hydrogen) atoms. The van der Waals surface area contributed by atoms with Gasteiger partial charge in [-0.2, -0.15) is 0 Å². The zero-order valence-corrected chi connectivity index (χ0v) is 16.0. The summed E-state index contributed by atoms with van der Waals surface area (Å²) in [4.78, 5) is 17.0. The number of ether oxygens (including phenoxy) is 1. The lowest BCUT2D eigenvalue weighted by Gasteiger charge is -2.32. The van der Waals surface area contributed by atoms with Gasteiger partial charge in [-0.1, -0.05) is 42.5 Å². The Morgan fingerprint density at radius 1 is 1.26 bits per heavy atom. The second-order valence-corrected chi connectivity index (χ2v) is 7.16. The number of β-amino-alcohol motifs (C(OH)–C–C–N with tert-alkyl or cyclic N) is 1. The van der Waals surface area contributed by atoms with Crippen LogP contribution in [0.25, 0.3) is 0 Å². The third-order valence-corrected chi connectivity index (χ3v) is 5.21. The quantitative estimate of drug-likeness (QED) is 0.816. The van der Waals surface area contributed by atoms with Crippen LogP contribution in [0.3, 0.4) is 0 Å². The number of likely N-dealkylation sites (tertiary alicyclic amines) is 1. The van der Waals surface area contributed by atoms with E-state index in [0.29, 0.717) is 13.0 Å². The van der Waals surface area contributed by atoms with Crippen molar-refractivity contribution in [1.82, 2.24) is 9.80 Å². The average Bonchev–Trinajstić information content (AvgIpc) is 3.11. The largest absolute Gasteiger partial charge is 0.497 e. The van der Waals surface area contributed by atoms with Gasteiger partial charge in [0.05, 0.1) is 25.7 Å². The van der Waals surface area contributed by atoms with Crippen LogP contribution in [0.5, 0.6) is 5.75 Å². The lowest BCUT2D eigenvalue weighted by molar-refractivity contribution is -0.131. The summed E-state index contributed by atoms with van der Waals surface area (Å²) in [6.45, 7) is 2.26. The highest BCUT2D eigenvalue weighted by Crippen LogP contribution is 2.24. The Bertz CT molecular complexity index is 750. The highest BCUT2D eigenvalue weighted by atomic mass is 16.5. The molecule has 5 nitrogen and oxygen atoms in total. The fraction of sp³-hybridized carbons (Fsp3) is 0.409. The molecular formula is C22H28N2O3. The number of hydrogen-bond acceptors (Lipinski definition) is 4. The van der Waals surface area contributed by atoms with Gasteiger partial charge in [0.1, 0.15) is 5.75 Å². The summed E-state index contributed by atoms with van der Waals surface area (Å²) in [5.74, 6) is 0.825. The van der Waals surface area contributed by atoms with E-state index in [-0.39, 0.29) is 18.1 Å². The van der Waals surface area contributed by atoms with Crippen molar-refractivity contribution in [3.05, 3.63) is 65.7 Å². The topological polar surface area (TPSA) is 53.0 Å². The third-order valence-electron chi connectivity index (χ3n) is 5.21. The predicted octanol–water partition coefficient (Wildman–Crippen LogP) is 2.50. The van der Waals surface area contributed by atoms with E-state index in [4.69, 9.17) is 4.74 Å². The molecular weight excluding hydrogens is 340 g/mol. The number of methoxy groups -OCH3 is 1. The molecule has 0 spiro atoms. The molecule has 0 saturated carbocycles. The Balaban J connectivity index is 1.74. The fourth-order valence-electron chi connectivity index (χ4n) is 3.60. The van der Waals surface area contributed by atoms with E-state index in [1.54, 1.807) is 7.11 Å². The van der Waals surface area contributed by atoms with E-state index in [9.17, 15) is 9.90 Å². The molecule has 1 aliphatic heterocycles. The number of carbonyl (C=O) groups is 1. The summed E-state index contributed by atoms with van der Waals surface area (Å²) in [5, 5.41) is 9.84. The van der Waals surface area contributed by atoms with Gasteiger partial charge < -0.3 is 14.7 Å². The van der Waals surface area contributed by atoms with Crippen molar-refractivity contribution < 1.29 is 14.6 Å². The van der Waals surface area contributed by atoms with Crippen LogP contribution in [-0.4, -0.2) is 60.7 Å². The van der Waals surface area contributed by atoms with Crippen LogP contribution in [0.2, 0.25) is 0 Å².